The fourth-order valence-electron chi connectivity index (χ4n) is 9.82. The molecule has 0 radical (unpaired) electrons. The lowest BCUT2D eigenvalue weighted by molar-refractivity contribution is -0.141. The summed E-state index contributed by atoms with van der Waals surface area (Å²) in [6.45, 7) is 3.12. The molecule has 1 saturated heterocycles. The molecule has 1 heterocycles. The third kappa shape index (κ3) is 22.5. The van der Waals surface area contributed by atoms with Crippen molar-refractivity contribution in [1.29, 1.82) is 0 Å². The Hall–Kier alpha value is -7.74. The summed E-state index contributed by atoms with van der Waals surface area (Å²) in [6.07, 6.45) is 2.09. The van der Waals surface area contributed by atoms with Crippen LogP contribution < -0.4 is 26.6 Å². The van der Waals surface area contributed by atoms with Gasteiger partial charge in [0, 0.05) is 96.3 Å². The number of urea groups is 1. The van der Waals surface area contributed by atoms with Crippen LogP contribution in [0, 0.1) is 11.8 Å². The number of benzene rings is 3. The van der Waals surface area contributed by atoms with Gasteiger partial charge in [-0.2, -0.15) is 0 Å². The first-order chi connectivity index (χ1) is 38.2. The average molecular weight is 1120 g/mol. The number of fused-ring (bicyclic) bond motifs is 1. The van der Waals surface area contributed by atoms with Crippen molar-refractivity contribution in [3.63, 3.8) is 0 Å². The molecular formula is C55H75N9O16. The predicted octanol–water partition coefficient (Wildman–Crippen LogP) is 1.44. The number of carbonyl (C=O) groups is 10. The molecular weight excluding hydrogens is 1040 g/mol. The van der Waals surface area contributed by atoms with E-state index in [0.717, 1.165) is 21.9 Å². The number of carboxylic acid groups (broad SMARTS) is 6. The molecule has 5 rings (SSSR count). The number of carbonyl (C=O) groups excluding carboxylic acids is 4. The summed E-state index contributed by atoms with van der Waals surface area (Å²) in [7, 11) is 0. The van der Waals surface area contributed by atoms with Crippen LogP contribution in [0.2, 0.25) is 0 Å². The molecule has 2 aliphatic rings. The summed E-state index contributed by atoms with van der Waals surface area (Å²) < 4.78 is 0. The minimum atomic E-state index is -1.55. The maximum absolute atomic E-state index is 13.9. The molecule has 1 aliphatic heterocycles. The monoisotopic (exact) mass is 1120 g/mol. The van der Waals surface area contributed by atoms with Gasteiger partial charge in [0.15, 0.2) is 0 Å². The van der Waals surface area contributed by atoms with E-state index in [4.69, 9.17) is 5.11 Å². The summed E-state index contributed by atoms with van der Waals surface area (Å²) >= 11 is 0. The molecule has 1 saturated carbocycles. The third-order valence-electron chi connectivity index (χ3n) is 14.4. The highest BCUT2D eigenvalue weighted by atomic mass is 16.4. The van der Waals surface area contributed by atoms with Crippen molar-refractivity contribution < 1.29 is 78.6 Å². The van der Waals surface area contributed by atoms with Crippen LogP contribution in [-0.4, -0.2) is 213 Å². The molecule has 5 amide bonds. The van der Waals surface area contributed by atoms with Gasteiger partial charge in [-0.15, -0.1) is 0 Å². The largest absolute Gasteiger partial charge is 0.481 e. The topological polar surface area (TPSA) is 365 Å². The van der Waals surface area contributed by atoms with Crippen molar-refractivity contribution in [1.82, 2.24) is 46.2 Å². The van der Waals surface area contributed by atoms with Crippen molar-refractivity contribution >= 4 is 70.3 Å². The molecule has 436 valence electrons. The Bertz CT molecular complexity index is 2580. The van der Waals surface area contributed by atoms with Crippen molar-refractivity contribution in [3.8, 4) is 0 Å². The average Bonchev–Trinajstić information content (AvgIpc) is 3.41. The molecule has 1 aliphatic carbocycles. The smallest absolute Gasteiger partial charge is 0.326 e. The summed E-state index contributed by atoms with van der Waals surface area (Å²) in [6, 6.07) is 15.7. The second-order valence-corrected chi connectivity index (χ2v) is 20.5. The molecule has 0 spiro atoms. The molecule has 25 heteroatoms. The molecule has 3 aromatic rings. The lowest BCUT2D eigenvalue weighted by Crippen LogP contribution is -2.51. The van der Waals surface area contributed by atoms with E-state index in [1.165, 1.54) is 0 Å². The van der Waals surface area contributed by atoms with Gasteiger partial charge in [-0.3, -0.25) is 53.2 Å². The van der Waals surface area contributed by atoms with E-state index in [-0.39, 0.29) is 69.1 Å². The van der Waals surface area contributed by atoms with E-state index in [1.54, 1.807) is 26.8 Å². The van der Waals surface area contributed by atoms with E-state index in [0.29, 0.717) is 103 Å². The van der Waals surface area contributed by atoms with Crippen molar-refractivity contribution in [2.75, 3.05) is 85.1 Å². The van der Waals surface area contributed by atoms with E-state index >= 15 is 0 Å². The van der Waals surface area contributed by atoms with E-state index in [9.17, 15) is 73.5 Å². The number of hydrogen-bond donors (Lipinski definition) is 11. The summed E-state index contributed by atoms with van der Waals surface area (Å²) in [5, 5.41) is 71.6. The fraction of sp³-hybridized carbons (Fsp3) is 0.527. The molecule has 2 fully saturated rings. The maximum atomic E-state index is 13.9. The zero-order valence-electron chi connectivity index (χ0n) is 44.8. The van der Waals surface area contributed by atoms with Gasteiger partial charge in [0.05, 0.1) is 19.6 Å². The summed E-state index contributed by atoms with van der Waals surface area (Å²) in [5.74, 6) is -8.42. The SMILES string of the molecule is O=C(O)CCC(NC(=O)NC(CCCCNC(=O)C(Cc1ccc2ccccc2c1)NC(=O)C1CCC(CNC(=O)c2ccc(CN3CCN(CC(=O)O)CCN(CC(=O)O)CCN(CC(=O)O)CC3)cc2)CC1)C(=O)O)C(=O)O. The predicted molar refractivity (Wildman–Crippen MR) is 290 cm³/mol. The highest BCUT2D eigenvalue weighted by Gasteiger charge is 2.31. The molecule has 80 heavy (non-hydrogen) atoms. The van der Waals surface area contributed by atoms with Crippen molar-refractivity contribution in [2.45, 2.75) is 88.9 Å². The van der Waals surface area contributed by atoms with Crippen molar-refractivity contribution in [2.24, 2.45) is 11.8 Å². The standard InChI is InChI=1S/C55H75N9O16/c65-46(66)19-18-44(54(78)79)60-55(80)59-43(53(76)77)7-3-4-20-56-52(75)45(30-38-12-13-39-5-1-2-6-42(39)29-38)58-51(74)41-14-8-36(9-15-41)31-57-50(73)40-16-10-37(11-17-40)32-61-21-23-62(33-47(67)68)25-27-64(35-49(71)72)28-26-63(24-22-61)34-48(69)70/h1-2,5-6,10-13,16-17,29,36,41,43-45H,3-4,7-9,14-15,18-28,30-35H2,(H,56,75)(H,57,73)(H,58,74)(H,65,66)(H,67,68)(H,69,70)(H,71,72)(H,76,77)(H,78,79)(H2,59,60,80). The van der Waals surface area contributed by atoms with Crippen LogP contribution in [0.25, 0.3) is 10.8 Å². The Morgan fingerprint density at radius 1 is 0.512 bits per heavy atom. The number of hydrogen-bond acceptors (Lipinski definition) is 14. The molecule has 3 aromatic carbocycles. The minimum absolute atomic E-state index is 0.0654. The molecule has 11 N–H and O–H groups in total. The van der Waals surface area contributed by atoms with Crippen LogP contribution in [0.4, 0.5) is 4.79 Å². The number of amides is 5. The van der Waals surface area contributed by atoms with E-state index < -0.39 is 78.7 Å². The normalized spacial score (nSPS) is 18.2. The summed E-state index contributed by atoms with van der Waals surface area (Å²) in [5.41, 5.74) is 2.15. The van der Waals surface area contributed by atoms with Crippen LogP contribution in [-0.2, 0) is 51.3 Å². The third-order valence-corrected chi connectivity index (χ3v) is 14.4. The molecule has 0 aromatic heterocycles. The maximum Gasteiger partial charge on any atom is 0.326 e. The number of nitrogens with one attached hydrogen (secondary N) is 5. The Kier molecular flexibility index (Phi) is 25.5. The van der Waals surface area contributed by atoms with Gasteiger partial charge in [-0.1, -0.05) is 54.6 Å². The van der Waals surface area contributed by atoms with E-state index in [1.807, 2.05) is 54.6 Å². The number of carboxylic acids is 6. The van der Waals surface area contributed by atoms with Gasteiger partial charge in [0.25, 0.3) is 5.91 Å². The quantitative estimate of drug-likeness (QED) is 0.0458. The lowest BCUT2D eigenvalue weighted by Gasteiger charge is -2.33. The van der Waals surface area contributed by atoms with Gasteiger partial charge in [0.2, 0.25) is 11.8 Å². The number of unbranched alkanes of at least 4 members (excludes halogenated alkanes) is 1. The van der Waals surface area contributed by atoms with Gasteiger partial charge in [-0.05, 0) is 91.3 Å². The first-order valence-electron chi connectivity index (χ1n) is 26.9. The van der Waals surface area contributed by atoms with Crippen LogP contribution >= 0.6 is 0 Å². The van der Waals surface area contributed by atoms with Gasteiger partial charge in [0.1, 0.15) is 18.1 Å². The number of aliphatic carboxylic acids is 6. The van der Waals surface area contributed by atoms with Gasteiger partial charge >= 0.3 is 41.8 Å². The Morgan fingerprint density at radius 2 is 1.02 bits per heavy atom. The van der Waals surface area contributed by atoms with Crippen LogP contribution in [0.15, 0.2) is 66.7 Å². The number of rotatable bonds is 28. The molecule has 0 bridgehead atoms. The first kappa shape index (κ1) is 63.1. The van der Waals surface area contributed by atoms with Crippen molar-refractivity contribution in [3.05, 3.63) is 83.4 Å². The zero-order valence-corrected chi connectivity index (χ0v) is 44.8. The highest BCUT2D eigenvalue weighted by molar-refractivity contribution is 5.94. The molecule has 25 nitrogen and oxygen atoms in total. The zero-order chi connectivity index (χ0) is 58.1. The molecule has 3 unspecified atom stereocenters. The fourth-order valence-corrected chi connectivity index (χ4v) is 9.82. The summed E-state index contributed by atoms with van der Waals surface area (Å²) in [4.78, 5) is 130. The Morgan fingerprint density at radius 3 is 1.55 bits per heavy atom. The van der Waals surface area contributed by atoms with Crippen LogP contribution in [0.1, 0.15) is 79.3 Å². The van der Waals surface area contributed by atoms with Gasteiger partial charge in [-0.25, -0.2) is 14.4 Å². The Balaban J connectivity index is 1.11. The van der Waals surface area contributed by atoms with Gasteiger partial charge < -0.3 is 57.2 Å². The lowest BCUT2D eigenvalue weighted by atomic mass is 9.81. The van der Waals surface area contributed by atoms with Crippen LogP contribution in [0.3, 0.4) is 0 Å². The van der Waals surface area contributed by atoms with E-state index in [2.05, 4.69) is 31.5 Å². The minimum Gasteiger partial charge on any atom is -0.481 e. The molecule has 3 atom stereocenters. The first-order valence-corrected chi connectivity index (χ1v) is 26.9. The second-order valence-electron chi connectivity index (χ2n) is 20.5. The van der Waals surface area contributed by atoms with Crippen LogP contribution in [0.5, 0.6) is 0 Å². The highest BCUT2D eigenvalue weighted by Crippen LogP contribution is 2.29. The number of nitrogens with zero attached hydrogens (tertiary/aromatic N) is 4. The second kappa shape index (κ2) is 32.4. The Labute approximate surface area is 463 Å².